The molecule has 21 heavy (non-hydrogen) atoms. The molecule has 1 aromatic rings. The van der Waals surface area contributed by atoms with Crippen LogP contribution in [0.1, 0.15) is 24.3 Å². The summed E-state index contributed by atoms with van der Waals surface area (Å²) in [5.74, 6) is -1.35. The van der Waals surface area contributed by atoms with Crippen LogP contribution >= 0.6 is 0 Å². The van der Waals surface area contributed by atoms with Crippen LogP contribution in [0.5, 0.6) is 0 Å². The van der Waals surface area contributed by atoms with Crippen LogP contribution in [-0.2, 0) is 16.6 Å². The van der Waals surface area contributed by atoms with E-state index in [1.54, 1.807) is 6.92 Å². The van der Waals surface area contributed by atoms with Gasteiger partial charge in [0.1, 0.15) is 17.1 Å². The van der Waals surface area contributed by atoms with Crippen molar-refractivity contribution in [2.45, 2.75) is 31.5 Å². The molecule has 10 heteroatoms. The van der Waals surface area contributed by atoms with Crippen LogP contribution in [0.2, 0.25) is 0 Å². The number of carboxylic acids is 1. The summed E-state index contributed by atoms with van der Waals surface area (Å²) in [6.07, 6.45) is -3.65. The van der Waals surface area contributed by atoms with Gasteiger partial charge in [-0.1, -0.05) is 6.92 Å². The van der Waals surface area contributed by atoms with Gasteiger partial charge < -0.3 is 9.67 Å². The molecule has 0 saturated carbocycles. The van der Waals surface area contributed by atoms with Crippen molar-refractivity contribution in [2.75, 3.05) is 13.1 Å². The summed E-state index contributed by atoms with van der Waals surface area (Å²) in [4.78, 5) is 10.5. The number of rotatable bonds is 6. The molecule has 0 atom stereocenters. The Hall–Kier alpha value is -1.55. The van der Waals surface area contributed by atoms with Crippen LogP contribution in [0.25, 0.3) is 0 Å². The van der Waals surface area contributed by atoms with Crippen molar-refractivity contribution in [3.05, 3.63) is 18.0 Å². The molecule has 1 rings (SSSR count). The molecule has 120 valence electrons. The number of alkyl halides is 3. The number of carboxylic acid groups (broad SMARTS) is 1. The van der Waals surface area contributed by atoms with Crippen molar-refractivity contribution in [3.8, 4) is 0 Å². The van der Waals surface area contributed by atoms with Crippen molar-refractivity contribution in [2.24, 2.45) is 0 Å². The number of hydrogen-bond donors (Lipinski definition) is 1. The highest BCUT2D eigenvalue weighted by Gasteiger charge is 2.37. The highest BCUT2D eigenvalue weighted by Crippen LogP contribution is 2.24. The van der Waals surface area contributed by atoms with E-state index >= 15 is 0 Å². The number of halogens is 3. The first-order valence-corrected chi connectivity index (χ1v) is 7.47. The Morgan fingerprint density at radius 2 is 1.95 bits per heavy atom. The second kappa shape index (κ2) is 6.06. The second-order valence-electron chi connectivity index (χ2n) is 4.20. The van der Waals surface area contributed by atoms with Gasteiger partial charge in [0.15, 0.2) is 0 Å². The summed E-state index contributed by atoms with van der Waals surface area (Å²) < 4.78 is 63.0. The molecule has 0 aliphatic rings. The third-order valence-corrected chi connectivity index (χ3v) is 4.66. The molecule has 0 amide bonds. The third-order valence-electron chi connectivity index (χ3n) is 2.78. The van der Waals surface area contributed by atoms with Crippen molar-refractivity contribution in [1.82, 2.24) is 8.87 Å². The fraction of sp³-hybridized carbons (Fsp3) is 0.545. The first-order valence-electron chi connectivity index (χ1n) is 6.03. The Labute approximate surface area is 119 Å². The second-order valence-corrected chi connectivity index (χ2v) is 6.14. The summed E-state index contributed by atoms with van der Waals surface area (Å²) in [5, 5.41) is 8.95. The lowest BCUT2D eigenvalue weighted by Crippen LogP contribution is -2.38. The smallest absolute Gasteiger partial charge is 0.402 e. The van der Waals surface area contributed by atoms with E-state index in [-0.39, 0.29) is 23.1 Å². The minimum atomic E-state index is -4.67. The first kappa shape index (κ1) is 17.5. The van der Waals surface area contributed by atoms with Crippen LogP contribution in [-0.4, -0.2) is 47.6 Å². The van der Waals surface area contributed by atoms with Gasteiger partial charge in [-0.2, -0.15) is 17.5 Å². The van der Waals surface area contributed by atoms with Crippen LogP contribution in [0.3, 0.4) is 0 Å². The summed E-state index contributed by atoms with van der Waals surface area (Å²) in [5.41, 5.74) is -0.292. The van der Waals surface area contributed by atoms with Crippen LogP contribution < -0.4 is 0 Å². The zero-order valence-corrected chi connectivity index (χ0v) is 12.2. The van der Waals surface area contributed by atoms with Crippen molar-refractivity contribution < 1.29 is 31.5 Å². The van der Waals surface area contributed by atoms with Gasteiger partial charge in [-0.25, -0.2) is 13.2 Å². The highest BCUT2D eigenvalue weighted by atomic mass is 32.2. The first-order chi connectivity index (χ1) is 9.52. The maximum absolute atomic E-state index is 12.4. The molecule has 1 N–H and O–H groups in total. The van der Waals surface area contributed by atoms with E-state index in [0.29, 0.717) is 0 Å². The Morgan fingerprint density at radius 3 is 2.29 bits per heavy atom. The molecule has 0 radical (unpaired) electrons. The average molecular weight is 328 g/mol. The zero-order valence-electron chi connectivity index (χ0n) is 11.4. The van der Waals surface area contributed by atoms with Gasteiger partial charge in [0, 0.05) is 19.3 Å². The van der Waals surface area contributed by atoms with Gasteiger partial charge in [0.2, 0.25) is 10.0 Å². The van der Waals surface area contributed by atoms with Crippen LogP contribution in [0.4, 0.5) is 13.2 Å². The molecule has 0 fully saturated rings. The van der Waals surface area contributed by atoms with Crippen molar-refractivity contribution in [1.29, 1.82) is 0 Å². The van der Waals surface area contributed by atoms with E-state index in [1.165, 1.54) is 6.92 Å². The maximum atomic E-state index is 12.4. The largest absolute Gasteiger partial charge is 0.477 e. The normalized spacial score (nSPS) is 12.9. The number of sulfonamides is 1. The predicted octanol–water partition coefficient (Wildman–Crippen LogP) is 1.78. The molecule has 0 saturated heterocycles. The molecule has 0 bridgehead atoms. The predicted molar refractivity (Wildman–Crippen MR) is 67.6 cm³/mol. The van der Waals surface area contributed by atoms with Gasteiger partial charge >= 0.3 is 12.1 Å². The minimum Gasteiger partial charge on any atom is -0.477 e. The highest BCUT2D eigenvalue weighted by molar-refractivity contribution is 7.89. The average Bonchev–Trinajstić information content (AvgIpc) is 2.79. The van der Waals surface area contributed by atoms with Crippen LogP contribution in [0.15, 0.2) is 17.2 Å². The third kappa shape index (κ3) is 3.97. The molecule has 0 aliphatic heterocycles. The van der Waals surface area contributed by atoms with Crippen molar-refractivity contribution >= 4 is 16.0 Å². The molecule has 1 heterocycles. The number of aryl methyl sites for hydroxylation is 1. The zero-order chi connectivity index (χ0) is 16.4. The van der Waals surface area contributed by atoms with E-state index < -0.39 is 33.6 Å². The Bertz CT molecular complexity index is 622. The molecule has 6 nitrogen and oxygen atoms in total. The fourth-order valence-electron chi connectivity index (χ4n) is 1.78. The van der Waals surface area contributed by atoms with E-state index in [1.807, 2.05) is 0 Å². The number of hydrogen-bond acceptors (Lipinski definition) is 3. The van der Waals surface area contributed by atoms with E-state index in [9.17, 15) is 26.4 Å². The Balaban J connectivity index is 3.26. The Morgan fingerprint density at radius 1 is 1.38 bits per heavy atom. The number of aromatic nitrogens is 1. The minimum absolute atomic E-state index is 0.183. The molecule has 0 unspecified atom stereocenters. The van der Waals surface area contributed by atoms with Gasteiger partial charge in [-0.15, -0.1) is 0 Å². The topological polar surface area (TPSA) is 79.6 Å². The van der Waals surface area contributed by atoms with E-state index in [0.717, 1.165) is 16.8 Å². The lowest BCUT2D eigenvalue weighted by atomic mass is 10.4. The van der Waals surface area contributed by atoms with E-state index in [2.05, 4.69) is 0 Å². The fourth-order valence-corrected chi connectivity index (χ4v) is 3.26. The van der Waals surface area contributed by atoms with Gasteiger partial charge in [-0.3, -0.25) is 0 Å². The molecule has 0 aliphatic carbocycles. The molecule has 1 aromatic heterocycles. The Kier molecular flexibility index (Phi) is 5.05. The molecule has 0 aromatic carbocycles. The van der Waals surface area contributed by atoms with Gasteiger partial charge in [-0.05, 0) is 13.0 Å². The number of carbonyl (C=O) groups is 1. The molecular formula is C11H15F3N2O4S. The van der Waals surface area contributed by atoms with Crippen molar-refractivity contribution in [3.63, 3.8) is 0 Å². The summed E-state index contributed by atoms with van der Waals surface area (Å²) in [6, 6.07) is 0.861. The monoisotopic (exact) mass is 328 g/mol. The number of nitrogens with zero attached hydrogens (tertiary/aromatic N) is 2. The molecular weight excluding hydrogens is 313 g/mol. The SMILES string of the molecule is CCN(CC(F)(F)F)S(=O)(=O)c1cc(C(=O)O)n(CC)c1. The summed E-state index contributed by atoms with van der Waals surface area (Å²) in [6.45, 7) is 1.06. The van der Waals surface area contributed by atoms with Gasteiger partial charge in [0.25, 0.3) is 0 Å². The summed E-state index contributed by atoms with van der Waals surface area (Å²) >= 11 is 0. The van der Waals surface area contributed by atoms with Crippen LogP contribution in [0, 0.1) is 0 Å². The standard InChI is InChI=1S/C11H15F3N2O4S/c1-3-15-6-8(5-9(15)10(17)18)21(19,20)16(4-2)7-11(12,13)14/h5-6H,3-4,7H2,1-2H3,(H,17,18). The summed E-state index contributed by atoms with van der Waals surface area (Å²) in [7, 11) is -4.40. The number of aromatic carboxylic acids is 1. The lowest BCUT2D eigenvalue weighted by Gasteiger charge is -2.21. The van der Waals surface area contributed by atoms with Gasteiger partial charge in [0.05, 0.1) is 0 Å². The molecule has 0 spiro atoms. The quantitative estimate of drug-likeness (QED) is 0.863. The lowest BCUT2D eigenvalue weighted by molar-refractivity contribution is -0.135. The maximum Gasteiger partial charge on any atom is 0.402 e. The van der Waals surface area contributed by atoms with E-state index in [4.69, 9.17) is 5.11 Å².